The highest BCUT2D eigenvalue weighted by atomic mass is 79.9. The highest BCUT2D eigenvalue weighted by Gasteiger charge is 2.27. The summed E-state index contributed by atoms with van der Waals surface area (Å²) in [5, 5.41) is 6.50. The molecule has 0 saturated heterocycles. The smallest absolute Gasteiger partial charge is 0.407 e. The van der Waals surface area contributed by atoms with Crippen LogP contribution in [0.2, 0.25) is 0 Å². The lowest BCUT2D eigenvalue weighted by Gasteiger charge is -2.34. The Bertz CT molecular complexity index is 491. The second kappa shape index (κ2) is 8.69. The predicted octanol–water partition coefficient (Wildman–Crippen LogP) is 4.62. The van der Waals surface area contributed by atoms with E-state index < -0.39 is 5.60 Å². The van der Waals surface area contributed by atoms with Crippen molar-refractivity contribution in [1.29, 1.82) is 0 Å². The molecular weight excluding hydrogens is 356 g/mol. The average Bonchev–Trinajstić information content (AvgIpc) is 2.48. The van der Waals surface area contributed by atoms with Crippen LogP contribution < -0.4 is 10.6 Å². The molecule has 0 aromatic heterocycles. The summed E-state index contributed by atoms with van der Waals surface area (Å²) >= 11 is 3.45. The van der Waals surface area contributed by atoms with Crippen LogP contribution in [0.4, 0.5) is 4.79 Å². The maximum absolute atomic E-state index is 11.9. The van der Waals surface area contributed by atoms with Crippen molar-refractivity contribution in [3.8, 4) is 0 Å². The lowest BCUT2D eigenvalue weighted by Crippen LogP contribution is -2.53. The summed E-state index contributed by atoms with van der Waals surface area (Å²) in [5.41, 5.74) is 0.608. The normalized spacial score (nSPS) is 12.1. The number of halogens is 1. The fourth-order valence-corrected chi connectivity index (χ4v) is 2.52. The molecule has 23 heavy (non-hydrogen) atoms. The second-order valence-electron chi connectivity index (χ2n) is 6.82. The number of alkyl carbamates (subject to hydrolysis) is 1. The highest BCUT2D eigenvalue weighted by molar-refractivity contribution is 9.10. The van der Waals surface area contributed by atoms with E-state index in [1.54, 1.807) is 0 Å². The van der Waals surface area contributed by atoms with Gasteiger partial charge in [-0.15, -0.1) is 0 Å². The summed E-state index contributed by atoms with van der Waals surface area (Å²) in [6, 6.07) is 8.26. The quantitative estimate of drug-likeness (QED) is 0.720. The molecule has 0 atom stereocenters. The Morgan fingerprint density at radius 1 is 1.13 bits per heavy atom. The van der Waals surface area contributed by atoms with Crippen LogP contribution in [0.3, 0.4) is 0 Å². The molecular formula is C18H29BrN2O2. The number of ether oxygens (including phenoxy) is 1. The van der Waals surface area contributed by atoms with Gasteiger partial charge in [-0.25, -0.2) is 4.79 Å². The number of hydrogen-bond acceptors (Lipinski definition) is 3. The Labute approximate surface area is 148 Å². The monoisotopic (exact) mass is 384 g/mol. The van der Waals surface area contributed by atoms with Crippen molar-refractivity contribution in [2.75, 3.05) is 6.54 Å². The van der Waals surface area contributed by atoms with Crippen LogP contribution in [0.5, 0.6) is 0 Å². The van der Waals surface area contributed by atoms with E-state index in [4.69, 9.17) is 4.74 Å². The molecule has 1 aromatic rings. The average molecular weight is 385 g/mol. The van der Waals surface area contributed by atoms with Gasteiger partial charge in [0.05, 0.1) is 0 Å². The molecule has 0 aliphatic carbocycles. The molecule has 0 fully saturated rings. The Hall–Kier alpha value is -1.07. The molecule has 0 saturated carbocycles. The first-order chi connectivity index (χ1) is 10.7. The third kappa shape index (κ3) is 7.36. The number of amides is 1. The van der Waals surface area contributed by atoms with E-state index in [1.807, 2.05) is 32.9 Å². The Morgan fingerprint density at radius 3 is 2.17 bits per heavy atom. The van der Waals surface area contributed by atoms with Gasteiger partial charge in [-0.1, -0.05) is 41.9 Å². The van der Waals surface area contributed by atoms with Crippen molar-refractivity contribution in [3.63, 3.8) is 0 Å². The largest absolute Gasteiger partial charge is 0.444 e. The molecule has 0 radical (unpaired) electrons. The SMILES string of the molecule is CCC(CC)(CNC(=O)OC(C)(C)C)NCc1ccc(Br)cc1. The van der Waals surface area contributed by atoms with Gasteiger partial charge >= 0.3 is 6.09 Å². The van der Waals surface area contributed by atoms with Crippen LogP contribution in [0.1, 0.15) is 53.0 Å². The first-order valence-corrected chi connectivity index (χ1v) is 8.95. The number of carbonyl (C=O) groups excluding carboxylic acids is 1. The van der Waals surface area contributed by atoms with Crippen molar-refractivity contribution < 1.29 is 9.53 Å². The van der Waals surface area contributed by atoms with Crippen LogP contribution in [0, 0.1) is 0 Å². The summed E-state index contributed by atoms with van der Waals surface area (Å²) < 4.78 is 6.39. The highest BCUT2D eigenvalue weighted by Crippen LogP contribution is 2.17. The van der Waals surface area contributed by atoms with E-state index in [0.29, 0.717) is 6.54 Å². The molecule has 130 valence electrons. The zero-order chi connectivity index (χ0) is 17.5. The molecule has 2 N–H and O–H groups in total. The molecule has 0 aliphatic rings. The standard InChI is InChI=1S/C18H29BrN2O2/c1-6-18(7-2,13-20-16(22)23-17(3,4)5)21-12-14-8-10-15(19)11-9-14/h8-11,21H,6-7,12-13H2,1-5H3,(H,20,22). The Morgan fingerprint density at radius 2 is 1.70 bits per heavy atom. The molecule has 1 amide bonds. The summed E-state index contributed by atoms with van der Waals surface area (Å²) in [6.45, 7) is 11.2. The van der Waals surface area contributed by atoms with Crippen LogP contribution in [0.15, 0.2) is 28.7 Å². The maximum atomic E-state index is 11.9. The van der Waals surface area contributed by atoms with Crippen molar-refractivity contribution in [3.05, 3.63) is 34.3 Å². The van der Waals surface area contributed by atoms with Gasteiger partial charge in [0.2, 0.25) is 0 Å². The number of nitrogens with one attached hydrogen (secondary N) is 2. The van der Waals surface area contributed by atoms with Gasteiger partial charge in [0.15, 0.2) is 0 Å². The predicted molar refractivity (Wildman–Crippen MR) is 98.5 cm³/mol. The zero-order valence-electron chi connectivity index (χ0n) is 14.8. The molecule has 1 rings (SSSR count). The van der Waals surface area contributed by atoms with E-state index in [-0.39, 0.29) is 11.6 Å². The lowest BCUT2D eigenvalue weighted by molar-refractivity contribution is 0.0507. The second-order valence-corrected chi connectivity index (χ2v) is 7.74. The molecule has 4 nitrogen and oxygen atoms in total. The molecule has 5 heteroatoms. The molecule has 0 heterocycles. The topological polar surface area (TPSA) is 50.4 Å². The van der Waals surface area contributed by atoms with E-state index in [9.17, 15) is 4.79 Å². The summed E-state index contributed by atoms with van der Waals surface area (Å²) in [4.78, 5) is 11.9. The maximum Gasteiger partial charge on any atom is 0.407 e. The number of hydrogen-bond donors (Lipinski definition) is 2. The van der Waals surface area contributed by atoms with Gasteiger partial charge in [0.1, 0.15) is 5.60 Å². The van der Waals surface area contributed by atoms with Gasteiger partial charge in [-0.2, -0.15) is 0 Å². The first kappa shape index (κ1) is 20.0. The van der Waals surface area contributed by atoms with Gasteiger partial charge in [0.25, 0.3) is 0 Å². The fraction of sp³-hybridized carbons (Fsp3) is 0.611. The number of rotatable bonds is 7. The summed E-state index contributed by atoms with van der Waals surface area (Å²) in [5.74, 6) is 0. The third-order valence-corrected chi connectivity index (χ3v) is 4.43. The molecule has 0 aliphatic heterocycles. The lowest BCUT2D eigenvalue weighted by atomic mass is 9.92. The minimum atomic E-state index is -0.476. The Kier molecular flexibility index (Phi) is 7.55. The van der Waals surface area contributed by atoms with E-state index >= 15 is 0 Å². The van der Waals surface area contributed by atoms with Crippen LogP contribution >= 0.6 is 15.9 Å². The fourth-order valence-electron chi connectivity index (χ4n) is 2.26. The van der Waals surface area contributed by atoms with Crippen molar-refractivity contribution in [2.24, 2.45) is 0 Å². The number of benzene rings is 1. The van der Waals surface area contributed by atoms with Crippen molar-refractivity contribution in [1.82, 2.24) is 10.6 Å². The summed E-state index contributed by atoms with van der Waals surface area (Å²) in [7, 11) is 0. The molecule has 0 unspecified atom stereocenters. The zero-order valence-corrected chi connectivity index (χ0v) is 16.4. The van der Waals surface area contributed by atoms with Gasteiger partial charge in [0, 0.05) is 23.1 Å². The van der Waals surface area contributed by atoms with Crippen molar-refractivity contribution >= 4 is 22.0 Å². The first-order valence-electron chi connectivity index (χ1n) is 8.16. The van der Waals surface area contributed by atoms with E-state index in [2.05, 4.69) is 52.5 Å². The molecule has 0 spiro atoms. The molecule has 0 bridgehead atoms. The third-order valence-electron chi connectivity index (χ3n) is 3.90. The van der Waals surface area contributed by atoms with Gasteiger partial charge in [-0.3, -0.25) is 0 Å². The van der Waals surface area contributed by atoms with Crippen molar-refractivity contribution in [2.45, 2.75) is 65.1 Å². The van der Waals surface area contributed by atoms with E-state index in [0.717, 1.165) is 23.9 Å². The summed E-state index contributed by atoms with van der Waals surface area (Å²) in [6.07, 6.45) is 1.49. The Balaban J connectivity index is 2.60. The van der Waals surface area contributed by atoms with Crippen LogP contribution in [-0.2, 0) is 11.3 Å². The van der Waals surface area contributed by atoms with Gasteiger partial charge in [-0.05, 0) is 51.3 Å². The minimum absolute atomic E-state index is 0.135. The van der Waals surface area contributed by atoms with E-state index in [1.165, 1.54) is 5.56 Å². The van der Waals surface area contributed by atoms with Crippen LogP contribution in [-0.4, -0.2) is 23.8 Å². The van der Waals surface area contributed by atoms with Crippen LogP contribution in [0.25, 0.3) is 0 Å². The molecule has 1 aromatic carbocycles. The minimum Gasteiger partial charge on any atom is -0.444 e. The van der Waals surface area contributed by atoms with Gasteiger partial charge < -0.3 is 15.4 Å². The number of carbonyl (C=O) groups is 1.